The third kappa shape index (κ3) is 5.98. The fraction of sp³-hybridized carbons (Fsp3) is 0.368. The molecule has 0 aliphatic carbocycles. The van der Waals surface area contributed by atoms with Crippen LogP contribution in [0.1, 0.15) is 35.4 Å². The molecule has 1 heterocycles. The van der Waals surface area contributed by atoms with Crippen LogP contribution >= 0.6 is 11.8 Å². The number of thioether (sulfide) groups is 1. The van der Waals surface area contributed by atoms with Gasteiger partial charge in [-0.25, -0.2) is 0 Å². The lowest BCUT2D eigenvalue weighted by Crippen LogP contribution is -2.47. The van der Waals surface area contributed by atoms with Crippen LogP contribution < -0.4 is 10.6 Å². The number of nitrogens with one attached hydrogen (secondary N) is 2. The van der Waals surface area contributed by atoms with E-state index in [9.17, 15) is 9.59 Å². The molecule has 134 valence electrons. The minimum absolute atomic E-state index is 0.170. The third-order valence-corrected chi connectivity index (χ3v) is 4.57. The van der Waals surface area contributed by atoms with E-state index >= 15 is 0 Å². The molecule has 2 rings (SSSR count). The summed E-state index contributed by atoms with van der Waals surface area (Å²) in [6.07, 6.45) is 3.98. The number of hydrogen-bond acceptors (Lipinski definition) is 4. The Labute approximate surface area is 152 Å². The van der Waals surface area contributed by atoms with Crippen LogP contribution in [0.25, 0.3) is 0 Å². The van der Waals surface area contributed by atoms with Crippen molar-refractivity contribution in [3.63, 3.8) is 0 Å². The van der Waals surface area contributed by atoms with Crippen LogP contribution in [-0.4, -0.2) is 36.4 Å². The zero-order chi connectivity index (χ0) is 18.1. The van der Waals surface area contributed by atoms with Gasteiger partial charge in [-0.15, -0.1) is 0 Å². The highest BCUT2D eigenvalue weighted by Gasteiger charge is 2.22. The standard InChI is InChI=1S/C19H24N2O3S/c1-14(15-7-4-3-5-8-15)13-20-18(22)16(10-12-25-2)21-19(23)17-9-6-11-24-17/h3-9,11,14,16H,10,12-13H2,1-2H3,(H,20,22)(H,21,23). The van der Waals surface area contributed by atoms with Gasteiger partial charge in [0.15, 0.2) is 5.76 Å². The first-order chi connectivity index (χ1) is 12.1. The van der Waals surface area contributed by atoms with Crippen molar-refractivity contribution in [2.45, 2.75) is 25.3 Å². The Hall–Kier alpha value is -2.21. The molecule has 0 saturated carbocycles. The first-order valence-corrected chi connectivity index (χ1v) is 9.67. The van der Waals surface area contributed by atoms with Crippen molar-refractivity contribution in [2.24, 2.45) is 0 Å². The molecular formula is C19H24N2O3S. The van der Waals surface area contributed by atoms with Crippen LogP contribution in [0, 0.1) is 0 Å². The van der Waals surface area contributed by atoms with Crippen molar-refractivity contribution in [3.05, 3.63) is 60.1 Å². The summed E-state index contributed by atoms with van der Waals surface area (Å²) < 4.78 is 5.09. The molecule has 6 heteroatoms. The number of benzene rings is 1. The highest BCUT2D eigenvalue weighted by molar-refractivity contribution is 7.98. The van der Waals surface area contributed by atoms with Gasteiger partial charge in [0, 0.05) is 6.54 Å². The second-order valence-corrected chi connectivity index (χ2v) is 6.83. The normalized spacial score (nSPS) is 13.0. The lowest BCUT2D eigenvalue weighted by atomic mass is 10.0. The molecular weight excluding hydrogens is 336 g/mol. The molecule has 0 radical (unpaired) electrons. The lowest BCUT2D eigenvalue weighted by Gasteiger charge is -2.19. The average molecular weight is 360 g/mol. The predicted octanol–water partition coefficient (Wildman–Crippen LogP) is 3.05. The van der Waals surface area contributed by atoms with E-state index in [-0.39, 0.29) is 23.5 Å². The average Bonchev–Trinajstić information content (AvgIpc) is 3.18. The van der Waals surface area contributed by atoms with Crippen molar-refractivity contribution in [1.29, 1.82) is 0 Å². The van der Waals surface area contributed by atoms with E-state index < -0.39 is 6.04 Å². The van der Waals surface area contributed by atoms with E-state index in [1.54, 1.807) is 23.9 Å². The molecule has 0 aliphatic rings. The zero-order valence-electron chi connectivity index (χ0n) is 14.5. The van der Waals surface area contributed by atoms with Gasteiger partial charge in [0.25, 0.3) is 5.91 Å². The molecule has 2 N–H and O–H groups in total. The van der Waals surface area contributed by atoms with Gasteiger partial charge in [0.05, 0.1) is 6.26 Å². The smallest absolute Gasteiger partial charge is 0.287 e. The van der Waals surface area contributed by atoms with Gasteiger partial charge in [-0.3, -0.25) is 9.59 Å². The topological polar surface area (TPSA) is 71.3 Å². The minimum atomic E-state index is -0.576. The number of hydrogen-bond donors (Lipinski definition) is 2. The number of carbonyl (C=O) groups excluding carboxylic acids is 2. The van der Waals surface area contributed by atoms with E-state index in [1.165, 1.54) is 11.8 Å². The fourth-order valence-electron chi connectivity index (χ4n) is 2.42. The van der Waals surface area contributed by atoms with Crippen molar-refractivity contribution in [3.8, 4) is 0 Å². The Balaban J connectivity index is 1.92. The Kier molecular flexibility index (Phi) is 7.60. The molecule has 25 heavy (non-hydrogen) atoms. The maximum absolute atomic E-state index is 12.5. The van der Waals surface area contributed by atoms with E-state index in [0.29, 0.717) is 13.0 Å². The summed E-state index contributed by atoms with van der Waals surface area (Å²) in [4.78, 5) is 24.7. The summed E-state index contributed by atoms with van der Waals surface area (Å²) in [5.74, 6) is 0.649. The summed E-state index contributed by atoms with van der Waals surface area (Å²) in [5.41, 5.74) is 1.17. The molecule has 0 bridgehead atoms. The molecule has 2 atom stereocenters. The van der Waals surface area contributed by atoms with Gasteiger partial charge in [0.1, 0.15) is 6.04 Å². The first-order valence-electron chi connectivity index (χ1n) is 8.27. The van der Waals surface area contributed by atoms with Gasteiger partial charge in [-0.05, 0) is 42.0 Å². The van der Waals surface area contributed by atoms with Gasteiger partial charge in [0.2, 0.25) is 5.91 Å². The first kappa shape index (κ1) is 19.1. The van der Waals surface area contributed by atoms with Crippen LogP contribution in [-0.2, 0) is 4.79 Å². The second-order valence-electron chi connectivity index (χ2n) is 5.84. The van der Waals surface area contributed by atoms with Crippen LogP contribution in [0.2, 0.25) is 0 Å². The molecule has 2 amide bonds. The molecule has 5 nitrogen and oxygen atoms in total. The molecule has 0 spiro atoms. The van der Waals surface area contributed by atoms with E-state index in [2.05, 4.69) is 17.6 Å². The number of rotatable bonds is 9. The molecule has 1 aromatic heterocycles. The molecule has 1 aromatic carbocycles. The molecule has 2 unspecified atom stereocenters. The van der Waals surface area contributed by atoms with Gasteiger partial charge >= 0.3 is 0 Å². The van der Waals surface area contributed by atoms with Crippen molar-refractivity contribution in [2.75, 3.05) is 18.6 Å². The summed E-state index contributed by atoms with van der Waals surface area (Å²) in [7, 11) is 0. The molecule has 0 fully saturated rings. The highest BCUT2D eigenvalue weighted by atomic mass is 32.2. The zero-order valence-corrected chi connectivity index (χ0v) is 15.3. The number of amides is 2. The predicted molar refractivity (Wildman–Crippen MR) is 101 cm³/mol. The van der Waals surface area contributed by atoms with Crippen LogP contribution in [0.3, 0.4) is 0 Å². The van der Waals surface area contributed by atoms with Crippen LogP contribution in [0.5, 0.6) is 0 Å². The molecule has 0 aliphatic heterocycles. The maximum Gasteiger partial charge on any atom is 0.287 e. The number of furan rings is 1. The number of carbonyl (C=O) groups is 2. The highest BCUT2D eigenvalue weighted by Crippen LogP contribution is 2.13. The Morgan fingerprint density at radius 1 is 1.16 bits per heavy atom. The summed E-state index contributed by atoms with van der Waals surface area (Å²) in [5, 5.41) is 5.71. The quantitative estimate of drug-likeness (QED) is 0.721. The van der Waals surface area contributed by atoms with Gasteiger partial charge in [-0.2, -0.15) is 11.8 Å². The summed E-state index contributed by atoms with van der Waals surface area (Å²) >= 11 is 1.64. The minimum Gasteiger partial charge on any atom is -0.459 e. The Morgan fingerprint density at radius 3 is 2.56 bits per heavy atom. The third-order valence-electron chi connectivity index (χ3n) is 3.93. The van der Waals surface area contributed by atoms with E-state index in [4.69, 9.17) is 4.42 Å². The largest absolute Gasteiger partial charge is 0.459 e. The van der Waals surface area contributed by atoms with E-state index in [1.807, 2.05) is 36.6 Å². The van der Waals surface area contributed by atoms with Crippen LogP contribution in [0.15, 0.2) is 53.1 Å². The van der Waals surface area contributed by atoms with Crippen molar-refractivity contribution < 1.29 is 14.0 Å². The summed E-state index contributed by atoms with van der Waals surface area (Å²) in [6, 6.07) is 12.7. The Bertz CT molecular complexity index is 659. The van der Waals surface area contributed by atoms with Crippen molar-refractivity contribution in [1.82, 2.24) is 10.6 Å². The SMILES string of the molecule is CSCCC(NC(=O)c1ccco1)C(=O)NCC(C)c1ccccc1. The molecule has 0 saturated heterocycles. The second kappa shape index (κ2) is 9.93. The van der Waals surface area contributed by atoms with Gasteiger partial charge < -0.3 is 15.1 Å². The van der Waals surface area contributed by atoms with Gasteiger partial charge in [-0.1, -0.05) is 37.3 Å². The maximum atomic E-state index is 12.5. The lowest BCUT2D eigenvalue weighted by molar-refractivity contribution is -0.123. The van der Waals surface area contributed by atoms with Crippen LogP contribution in [0.4, 0.5) is 0 Å². The molecule has 2 aromatic rings. The van der Waals surface area contributed by atoms with E-state index in [0.717, 1.165) is 5.75 Å². The fourth-order valence-corrected chi connectivity index (χ4v) is 2.89. The summed E-state index contributed by atoms with van der Waals surface area (Å²) in [6.45, 7) is 2.59. The monoisotopic (exact) mass is 360 g/mol. The Morgan fingerprint density at radius 2 is 1.92 bits per heavy atom. The van der Waals surface area contributed by atoms with Crippen molar-refractivity contribution >= 4 is 23.6 Å².